The van der Waals surface area contributed by atoms with Crippen LogP contribution >= 0.6 is 27.3 Å². The molecule has 0 saturated carbocycles. The summed E-state index contributed by atoms with van der Waals surface area (Å²) in [6.07, 6.45) is 2.25. The van der Waals surface area contributed by atoms with Crippen molar-refractivity contribution < 1.29 is 4.74 Å². The fourth-order valence-corrected chi connectivity index (χ4v) is 3.23. The van der Waals surface area contributed by atoms with Gasteiger partial charge in [-0.1, -0.05) is 12.1 Å². The SMILES string of the molecule is CNC(C)CCc1ccc(OCc2sccc2Br)cc1. The monoisotopic (exact) mass is 353 g/mol. The van der Waals surface area contributed by atoms with Crippen LogP contribution < -0.4 is 10.1 Å². The molecule has 0 saturated heterocycles. The van der Waals surface area contributed by atoms with Crippen molar-refractivity contribution in [3.63, 3.8) is 0 Å². The quantitative estimate of drug-likeness (QED) is 0.783. The van der Waals surface area contributed by atoms with E-state index in [0.717, 1.165) is 23.1 Å². The van der Waals surface area contributed by atoms with Gasteiger partial charge in [0.25, 0.3) is 0 Å². The average molecular weight is 354 g/mol. The van der Waals surface area contributed by atoms with Gasteiger partial charge < -0.3 is 10.1 Å². The highest BCUT2D eigenvalue weighted by Crippen LogP contribution is 2.24. The van der Waals surface area contributed by atoms with Crippen molar-refractivity contribution in [3.8, 4) is 5.75 Å². The molecule has 4 heteroatoms. The molecule has 0 aliphatic heterocycles. The molecule has 0 aliphatic rings. The zero-order valence-corrected chi connectivity index (χ0v) is 14.3. The fraction of sp³-hybridized carbons (Fsp3) is 0.375. The summed E-state index contributed by atoms with van der Waals surface area (Å²) in [4.78, 5) is 1.22. The molecule has 2 aromatic rings. The molecule has 1 N–H and O–H groups in total. The minimum absolute atomic E-state index is 0.558. The highest BCUT2D eigenvalue weighted by Gasteiger charge is 2.03. The van der Waals surface area contributed by atoms with Crippen LogP contribution in [0.4, 0.5) is 0 Å². The van der Waals surface area contributed by atoms with Crippen LogP contribution in [0.5, 0.6) is 5.75 Å². The summed E-state index contributed by atoms with van der Waals surface area (Å²) in [5.74, 6) is 0.927. The Morgan fingerprint density at radius 1 is 1.25 bits per heavy atom. The van der Waals surface area contributed by atoms with Gasteiger partial charge in [0.1, 0.15) is 12.4 Å². The Bertz CT molecular complexity index is 524. The number of hydrogen-bond acceptors (Lipinski definition) is 3. The Balaban J connectivity index is 1.84. The Morgan fingerprint density at radius 2 is 2.00 bits per heavy atom. The number of benzene rings is 1. The summed E-state index contributed by atoms with van der Waals surface area (Å²) < 4.78 is 6.93. The Hall–Kier alpha value is -0.840. The van der Waals surface area contributed by atoms with Gasteiger partial charge >= 0.3 is 0 Å². The zero-order valence-electron chi connectivity index (χ0n) is 11.9. The first kappa shape index (κ1) is 15.5. The number of hydrogen-bond donors (Lipinski definition) is 1. The summed E-state index contributed by atoms with van der Waals surface area (Å²) in [7, 11) is 2.00. The van der Waals surface area contributed by atoms with Crippen molar-refractivity contribution in [3.05, 3.63) is 50.6 Å². The maximum atomic E-state index is 5.80. The molecule has 0 amide bonds. The number of aryl methyl sites for hydroxylation is 1. The van der Waals surface area contributed by atoms with Crippen LogP contribution in [-0.2, 0) is 13.0 Å². The molecule has 0 spiro atoms. The van der Waals surface area contributed by atoms with Gasteiger partial charge in [-0.15, -0.1) is 11.3 Å². The zero-order chi connectivity index (χ0) is 14.4. The Morgan fingerprint density at radius 3 is 2.60 bits per heavy atom. The first-order chi connectivity index (χ1) is 9.69. The third-order valence-electron chi connectivity index (χ3n) is 3.34. The lowest BCUT2D eigenvalue weighted by Crippen LogP contribution is -2.21. The Kier molecular flexibility index (Phi) is 6.07. The molecule has 1 aromatic heterocycles. The van der Waals surface area contributed by atoms with E-state index in [1.54, 1.807) is 11.3 Å². The molecule has 20 heavy (non-hydrogen) atoms. The molecule has 0 radical (unpaired) electrons. The van der Waals surface area contributed by atoms with Crippen LogP contribution in [0.25, 0.3) is 0 Å². The van der Waals surface area contributed by atoms with Crippen LogP contribution in [-0.4, -0.2) is 13.1 Å². The fourth-order valence-electron chi connectivity index (χ4n) is 1.86. The lowest BCUT2D eigenvalue weighted by molar-refractivity contribution is 0.309. The van der Waals surface area contributed by atoms with E-state index in [2.05, 4.69) is 63.9 Å². The van der Waals surface area contributed by atoms with Gasteiger partial charge in [0.15, 0.2) is 0 Å². The number of rotatable bonds is 7. The molecule has 0 aliphatic carbocycles. The van der Waals surface area contributed by atoms with E-state index in [1.807, 2.05) is 7.05 Å². The smallest absolute Gasteiger partial charge is 0.124 e. The maximum Gasteiger partial charge on any atom is 0.124 e. The van der Waals surface area contributed by atoms with Crippen LogP contribution in [0.1, 0.15) is 23.8 Å². The van der Waals surface area contributed by atoms with Crippen molar-refractivity contribution in [2.75, 3.05) is 7.05 Å². The predicted molar refractivity (Wildman–Crippen MR) is 89.6 cm³/mol. The summed E-state index contributed by atoms with van der Waals surface area (Å²) >= 11 is 5.22. The molecule has 1 aromatic carbocycles. The van der Waals surface area contributed by atoms with Crippen LogP contribution in [0.15, 0.2) is 40.2 Å². The second-order valence-corrected chi connectivity index (χ2v) is 6.71. The molecule has 108 valence electrons. The van der Waals surface area contributed by atoms with Crippen molar-refractivity contribution in [1.29, 1.82) is 0 Å². The first-order valence-electron chi connectivity index (χ1n) is 6.80. The van der Waals surface area contributed by atoms with Gasteiger partial charge in [-0.3, -0.25) is 0 Å². The summed E-state index contributed by atoms with van der Waals surface area (Å²) in [6.45, 7) is 2.82. The van der Waals surface area contributed by atoms with E-state index in [1.165, 1.54) is 10.4 Å². The second-order valence-electron chi connectivity index (χ2n) is 4.85. The molecule has 2 nitrogen and oxygen atoms in total. The Labute approximate surface area is 133 Å². The number of thiophene rings is 1. The lowest BCUT2D eigenvalue weighted by Gasteiger charge is -2.10. The maximum absolute atomic E-state index is 5.80. The predicted octanol–water partition coefficient (Wildman–Crippen LogP) is 4.63. The second kappa shape index (κ2) is 7.81. The highest BCUT2D eigenvalue weighted by molar-refractivity contribution is 9.10. The molecule has 1 atom stereocenters. The molecule has 1 unspecified atom stereocenters. The van der Waals surface area contributed by atoms with Crippen molar-refractivity contribution in [2.24, 2.45) is 0 Å². The lowest BCUT2D eigenvalue weighted by atomic mass is 10.1. The number of halogens is 1. The van der Waals surface area contributed by atoms with Crippen molar-refractivity contribution in [2.45, 2.75) is 32.4 Å². The number of ether oxygens (including phenoxy) is 1. The van der Waals surface area contributed by atoms with E-state index < -0.39 is 0 Å². The molecule has 0 fully saturated rings. The average Bonchev–Trinajstić information content (AvgIpc) is 2.89. The van der Waals surface area contributed by atoms with E-state index in [4.69, 9.17) is 4.74 Å². The van der Waals surface area contributed by atoms with Gasteiger partial charge in [0.05, 0.1) is 4.88 Å². The van der Waals surface area contributed by atoms with Gasteiger partial charge in [-0.25, -0.2) is 0 Å². The molecule has 1 heterocycles. The van der Waals surface area contributed by atoms with Crippen molar-refractivity contribution >= 4 is 27.3 Å². The van der Waals surface area contributed by atoms with Crippen molar-refractivity contribution in [1.82, 2.24) is 5.32 Å². The first-order valence-corrected chi connectivity index (χ1v) is 8.47. The largest absolute Gasteiger partial charge is 0.488 e. The summed E-state index contributed by atoms with van der Waals surface area (Å²) in [5, 5.41) is 5.32. The minimum atomic E-state index is 0.558. The highest BCUT2D eigenvalue weighted by atomic mass is 79.9. The third-order valence-corrected chi connectivity index (χ3v) is 5.24. The summed E-state index contributed by atoms with van der Waals surface area (Å²) in [6, 6.07) is 11.0. The standard InChI is InChI=1S/C16H20BrNOS/c1-12(18-2)3-4-13-5-7-14(8-6-13)19-11-16-15(17)9-10-20-16/h5-10,12,18H,3-4,11H2,1-2H3. The summed E-state index contributed by atoms with van der Waals surface area (Å²) in [5.41, 5.74) is 1.36. The normalized spacial score (nSPS) is 12.3. The molecular formula is C16H20BrNOS. The van der Waals surface area contributed by atoms with Crippen LogP contribution in [0, 0.1) is 0 Å². The number of nitrogens with one attached hydrogen (secondary N) is 1. The van der Waals surface area contributed by atoms with Crippen LogP contribution in [0.3, 0.4) is 0 Å². The van der Waals surface area contributed by atoms with E-state index in [9.17, 15) is 0 Å². The van der Waals surface area contributed by atoms with E-state index in [-0.39, 0.29) is 0 Å². The molecule has 0 bridgehead atoms. The third kappa shape index (κ3) is 4.62. The van der Waals surface area contributed by atoms with Gasteiger partial charge in [0.2, 0.25) is 0 Å². The topological polar surface area (TPSA) is 21.3 Å². The van der Waals surface area contributed by atoms with Gasteiger partial charge in [-0.05, 0) is 71.9 Å². The molecule has 2 rings (SSSR count). The molecular weight excluding hydrogens is 334 g/mol. The van der Waals surface area contributed by atoms with Gasteiger partial charge in [-0.2, -0.15) is 0 Å². The van der Waals surface area contributed by atoms with E-state index >= 15 is 0 Å². The van der Waals surface area contributed by atoms with E-state index in [0.29, 0.717) is 12.6 Å². The van der Waals surface area contributed by atoms with Gasteiger partial charge in [0, 0.05) is 10.5 Å². The minimum Gasteiger partial charge on any atom is -0.488 e. The van der Waals surface area contributed by atoms with Crippen LogP contribution in [0.2, 0.25) is 0 Å².